The number of hydrogen-bond acceptors (Lipinski definition) is 5. The molecule has 0 radical (unpaired) electrons. The molecule has 5 nitrogen and oxygen atoms in total. The molecule has 0 bridgehead atoms. The molecule has 5 heteroatoms. The fraction of sp³-hybridized carbons (Fsp3) is 0.600. The third-order valence-electron chi connectivity index (χ3n) is 1.22. The van der Waals surface area contributed by atoms with E-state index in [2.05, 4.69) is 15.6 Å². The lowest BCUT2D eigenvalue weighted by molar-refractivity contribution is 0.482. The molecule has 0 aliphatic carbocycles. The molecule has 1 heterocycles. The van der Waals surface area contributed by atoms with E-state index >= 15 is 0 Å². The van der Waals surface area contributed by atoms with Crippen LogP contribution in [0.4, 0.5) is 0 Å². The summed E-state index contributed by atoms with van der Waals surface area (Å²) in [5.74, 6) is 0.589. The molecule has 0 amide bonds. The van der Waals surface area contributed by atoms with Crippen molar-refractivity contribution in [3.8, 4) is 6.19 Å². The number of rotatable bonds is 1. The third-order valence-corrected chi connectivity index (χ3v) is 1.22. The first-order valence-corrected chi connectivity index (χ1v) is 3.03. The first-order chi connectivity index (χ1) is 4.83. The second-order valence-corrected chi connectivity index (χ2v) is 1.98. The average Bonchev–Trinajstić information content (AvgIpc) is 1.88. The summed E-state index contributed by atoms with van der Waals surface area (Å²) in [7, 11) is 0. The van der Waals surface area contributed by atoms with Crippen LogP contribution in [0, 0.1) is 11.5 Å². The van der Waals surface area contributed by atoms with Gasteiger partial charge in [0.25, 0.3) is 0 Å². The first kappa shape index (κ1) is 6.83. The van der Waals surface area contributed by atoms with E-state index in [1.807, 2.05) is 0 Å². The standard InChI is InChI=1S/C5H9N5/c6-3-9-5-8-2-1-4(7)10-5/h5,8-9H,1-2H2,(H2,7,10). The predicted octanol–water partition coefficient (Wildman–Crippen LogP) is -1.31. The first-order valence-electron chi connectivity index (χ1n) is 3.03. The van der Waals surface area contributed by atoms with E-state index in [1.54, 1.807) is 6.19 Å². The van der Waals surface area contributed by atoms with Crippen molar-refractivity contribution in [1.82, 2.24) is 10.6 Å². The number of amidine groups is 1. The maximum Gasteiger partial charge on any atom is 0.183 e. The van der Waals surface area contributed by atoms with E-state index in [0.717, 1.165) is 13.0 Å². The van der Waals surface area contributed by atoms with Crippen molar-refractivity contribution in [2.75, 3.05) is 6.54 Å². The quantitative estimate of drug-likeness (QED) is 0.311. The predicted molar refractivity (Wildman–Crippen MR) is 36.8 cm³/mol. The van der Waals surface area contributed by atoms with Crippen molar-refractivity contribution in [3.63, 3.8) is 0 Å². The molecular formula is C5H9N5. The lowest BCUT2D eigenvalue weighted by Gasteiger charge is -2.17. The average molecular weight is 139 g/mol. The molecule has 0 aromatic carbocycles. The van der Waals surface area contributed by atoms with Crippen molar-refractivity contribution in [2.24, 2.45) is 10.7 Å². The zero-order chi connectivity index (χ0) is 7.40. The van der Waals surface area contributed by atoms with E-state index < -0.39 is 0 Å². The van der Waals surface area contributed by atoms with E-state index in [4.69, 9.17) is 11.0 Å². The van der Waals surface area contributed by atoms with Gasteiger partial charge in [-0.15, -0.1) is 0 Å². The highest BCUT2D eigenvalue weighted by atomic mass is 15.3. The van der Waals surface area contributed by atoms with Crippen molar-refractivity contribution >= 4 is 5.84 Å². The molecule has 1 aliphatic heterocycles. The van der Waals surface area contributed by atoms with Crippen LogP contribution in [-0.4, -0.2) is 18.7 Å². The lowest BCUT2D eigenvalue weighted by atomic mass is 10.3. The number of nitriles is 1. The fourth-order valence-corrected chi connectivity index (χ4v) is 0.757. The Balaban J connectivity index is 2.47. The SMILES string of the molecule is N#CNC1N=C(N)CCN1. The zero-order valence-electron chi connectivity index (χ0n) is 5.46. The number of hydrogen-bond donors (Lipinski definition) is 3. The maximum atomic E-state index is 8.19. The topological polar surface area (TPSA) is 86.2 Å². The Kier molecular flexibility index (Phi) is 2.07. The summed E-state index contributed by atoms with van der Waals surface area (Å²) in [4.78, 5) is 3.92. The highest BCUT2D eigenvalue weighted by Crippen LogP contribution is 1.91. The Labute approximate surface area is 58.9 Å². The molecule has 1 aliphatic rings. The van der Waals surface area contributed by atoms with Crippen LogP contribution in [0.3, 0.4) is 0 Å². The minimum atomic E-state index is -0.321. The Morgan fingerprint density at radius 2 is 2.70 bits per heavy atom. The number of nitrogens with two attached hydrogens (primary N) is 1. The van der Waals surface area contributed by atoms with Crippen LogP contribution in [0.25, 0.3) is 0 Å². The van der Waals surface area contributed by atoms with Gasteiger partial charge in [0.2, 0.25) is 0 Å². The summed E-state index contributed by atoms with van der Waals surface area (Å²) < 4.78 is 0. The molecule has 1 rings (SSSR count). The minimum Gasteiger partial charge on any atom is -0.387 e. The highest BCUT2D eigenvalue weighted by Gasteiger charge is 2.09. The monoisotopic (exact) mass is 139 g/mol. The smallest absolute Gasteiger partial charge is 0.183 e. The van der Waals surface area contributed by atoms with Crippen LogP contribution < -0.4 is 16.4 Å². The molecule has 0 saturated carbocycles. The van der Waals surface area contributed by atoms with E-state index in [1.165, 1.54) is 0 Å². The van der Waals surface area contributed by atoms with Crippen LogP contribution in [-0.2, 0) is 0 Å². The fourth-order valence-electron chi connectivity index (χ4n) is 0.757. The number of nitrogens with zero attached hydrogens (tertiary/aromatic N) is 2. The second-order valence-electron chi connectivity index (χ2n) is 1.98. The second kappa shape index (κ2) is 3.03. The molecule has 1 unspecified atom stereocenters. The lowest BCUT2D eigenvalue weighted by Crippen LogP contribution is -2.44. The van der Waals surface area contributed by atoms with Crippen LogP contribution in [0.1, 0.15) is 6.42 Å². The molecule has 0 spiro atoms. The van der Waals surface area contributed by atoms with E-state index in [9.17, 15) is 0 Å². The van der Waals surface area contributed by atoms with Crippen LogP contribution in [0.5, 0.6) is 0 Å². The molecule has 0 aromatic rings. The largest absolute Gasteiger partial charge is 0.387 e. The van der Waals surface area contributed by atoms with Gasteiger partial charge in [0, 0.05) is 13.0 Å². The number of nitrogens with one attached hydrogen (secondary N) is 2. The molecule has 4 N–H and O–H groups in total. The summed E-state index contributed by atoms with van der Waals surface area (Å²) in [5, 5.41) is 13.6. The Bertz CT molecular complexity index is 179. The van der Waals surface area contributed by atoms with Gasteiger partial charge in [-0.2, -0.15) is 5.26 Å². The summed E-state index contributed by atoms with van der Waals surface area (Å²) >= 11 is 0. The van der Waals surface area contributed by atoms with Crippen molar-refractivity contribution in [1.29, 1.82) is 5.26 Å². The van der Waals surface area contributed by atoms with E-state index in [-0.39, 0.29) is 6.29 Å². The molecule has 0 saturated heterocycles. The Morgan fingerprint density at radius 3 is 3.30 bits per heavy atom. The van der Waals surface area contributed by atoms with Gasteiger partial charge >= 0.3 is 0 Å². The van der Waals surface area contributed by atoms with Crippen LogP contribution in [0.2, 0.25) is 0 Å². The third kappa shape index (κ3) is 1.60. The maximum absolute atomic E-state index is 8.19. The molecule has 0 aromatic heterocycles. The molecule has 1 atom stereocenters. The van der Waals surface area contributed by atoms with Crippen LogP contribution in [0.15, 0.2) is 4.99 Å². The molecule has 10 heavy (non-hydrogen) atoms. The molecule has 0 fully saturated rings. The normalized spacial score (nSPS) is 24.7. The van der Waals surface area contributed by atoms with Gasteiger partial charge < -0.3 is 5.73 Å². The Hall–Kier alpha value is -1.28. The summed E-state index contributed by atoms with van der Waals surface area (Å²) in [6, 6.07) is 0. The van der Waals surface area contributed by atoms with Gasteiger partial charge in [0.15, 0.2) is 12.5 Å². The minimum absolute atomic E-state index is 0.321. The van der Waals surface area contributed by atoms with Crippen molar-refractivity contribution < 1.29 is 0 Å². The van der Waals surface area contributed by atoms with Gasteiger partial charge in [-0.1, -0.05) is 0 Å². The van der Waals surface area contributed by atoms with Gasteiger partial charge in [0.1, 0.15) is 0 Å². The van der Waals surface area contributed by atoms with Crippen molar-refractivity contribution in [2.45, 2.75) is 12.7 Å². The van der Waals surface area contributed by atoms with Gasteiger partial charge in [-0.25, -0.2) is 4.99 Å². The summed E-state index contributed by atoms with van der Waals surface area (Å²) in [6.07, 6.45) is 2.22. The van der Waals surface area contributed by atoms with Gasteiger partial charge in [-0.3, -0.25) is 10.6 Å². The van der Waals surface area contributed by atoms with Gasteiger partial charge in [0.05, 0.1) is 5.84 Å². The van der Waals surface area contributed by atoms with E-state index in [0.29, 0.717) is 5.84 Å². The highest BCUT2D eigenvalue weighted by molar-refractivity contribution is 5.81. The Morgan fingerprint density at radius 1 is 1.90 bits per heavy atom. The molecular weight excluding hydrogens is 130 g/mol. The number of aliphatic imine (C=N–C) groups is 1. The van der Waals surface area contributed by atoms with Crippen molar-refractivity contribution in [3.05, 3.63) is 0 Å². The summed E-state index contributed by atoms with van der Waals surface area (Å²) in [6.45, 7) is 0.772. The van der Waals surface area contributed by atoms with Crippen LogP contribution >= 0.6 is 0 Å². The zero-order valence-corrected chi connectivity index (χ0v) is 5.46. The molecule has 54 valence electrons. The summed E-state index contributed by atoms with van der Waals surface area (Å²) in [5.41, 5.74) is 5.42. The van der Waals surface area contributed by atoms with Gasteiger partial charge in [-0.05, 0) is 0 Å².